The third kappa shape index (κ3) is 4.53. The minimum absolute atomic E-state index is 0.106. The van der Waals surface area contributed by atoms with Gasteiger partial charge in [0.05, 0.1) is 18.6 Å². The Morgan fingerprint density at radius 3 is 2.53 bits per heavy atom. The van der Waals surface area contributed by atoms with Gasteiger partial charge in [-0.15, -0.1) is 0 Å². The summed E-state index contributed by atoms with van der Waals surface area (Å²) in [7, 11) is 0.998. The van der Waals surface area contributed by atoms with Crippen LogP contribution in [0, 0.1) is 11.2 Å². The Hall–Kier alpha value is -2.14. The number of hydrogen-bond donors (Lipinski definition) is 0. The summed E-state index contributed by atoms with van der Waals surface area (Å²) in [5.74, 6) is 0.265. The first kappa shape index (κ1) is 24.2. The monoisotopic (exact) mass is 528 g/mol. The Bertz CT molecular complexity index is 1230. The molecule has 4 heterocycles. The van der Waals surface area contributed by atoms with Crippen LogP contribution in [-0.2, 0) is 11.0 Å². The highest BCUT2D eigenvalue weighted by Gasteiger charge is 2.57. The van der Waals surface area contributed by atoms with Gasteiger partial charge in [0.2, 0.25) is 0 Å². The van der Waals surface area contributed by atoms with Crippen molar-refractivity contribution in [3.63, 3.8) is 0 Å². The summed E-state index contributed by atoms with van der Waals surface area (Å²) >= 11 is 1.58. The second-order valence-corrected chi connectivity index (χ2v) is 13.2. The van der Waals surface area contributed by atoms with Gasteiger partial charge in [0.15, 0.2) is 5.13 Å². The molecule has 1 aromatic carbocycles. The molecule has 2 saturated heterocycles. The second-order valence-electron chi connectivity index (χ2n) is 10.5. The highest BCUT2D eigenvalue weighted by Crippen LogP contribution is 2.65. The molecule has 3 aromatic rings. The first-order valence-corrected chi connectivity index (χ1v) is 14.7. The quantitative estimate of drug-likeness (QED) is 0.482. The summed E-state index contributed by atoms with van der Waals surface area (Å²) in [4.78, 5) is 13.7. The molecule has 10 heteroatoms. The van der Waals surface area contributed by atoms with Crippen molar-refractivity contribution in [1.29, 1.82) is 0 Å². The second kappa shape index (κ2) is 9.63. The maximum absolute atomic E-state index is 13.4. The molecule has 6 rings (SSSR count). The number of rotatable bonds is 6. The molecule has 36 heavy (non-hydrogen) atoms. The topological polar surface area (TPSA) is 57.5 Å². The van der Waals surface area contributed by atoms with E-state index in [4.69, 9.17) is 0 Å². The average molecular weight is 529 g/mol. The molecule has 2 aromatic heterocycles. The molecule has 192 valence electrons. The Balaban J connectivity index is 1.08. The molecule has 7 nitrogen and oxygen atoms in total. The van der Waals surface area contributed by atoms with Gasteiger partial charge in [-0.3, -0.25) is 0 Å². The van der Waals surface area contributed by atoms with E-state index in [0.29, 0.717) is 5.92 Å². The van der Waals surface area contributed by atoms with E-state index in [9.17, 15) is 8.60 Å². The van der Waals surface area contributed by atoms with E-state index in [2.05, 4.69) is 42.6 Å². The molecule has 0 N–H and O–H groups in total. The number of halogens is 1. The summed E-state index contributed by atoms with van der Waals surface area (Å²) < 4.78 is 32.0. The van der Waals surface area contributed by atoms with Crippen LogP contribution in [0.2, 0.25) is 0 Å². The predicted molar refractivity (Wildman–Crippen MR) is 141 cm³/mol. The molecule has 3 atom stereocenters. The van der Waals surface area contributed by atoms with E-state index >= 15 is 0 Å². The van der Waals surface area contributed by atoms with E-state index in [1.54, 1.807) is 11.3 Å². The Kier molecular flexibility index (Phi) is 6.47. The molecule has 1 aliphatic carbocycles. The minimum atomic E-state index is -1.15. The number of thiazole rings is 1. The van der Waals surface area contributed by atoms with E-state index in [-0.39, 0.29) is 17.3 Å². The van der Waals surface area contributed by atoms with Gasteiger partial charge >= 0.3 is 0 Å². The zero-order valence-corrected chi connectivity index (χ0v) is 22.5. The lowest BCUT2D eigenvalue weighted by molar-refractivity contribution is 0.258. The molecular formula is C26H33FN6OS2. The van der Waals surface area contributed by atoms with Crippen molar-refractivity contribution in [3.8, 4) is 0 Å². The fraction of sp³-hybridized carbons (Fsp3) is 0.538. The molecule has 1 saturated carbocycles. The normalized spacial score (nSPS) is 24.2. The number of imidazole rings is 1. The zero-order chi connectivity index (χ0) is 24.9. The highest BCUT2D eigenvalue weighted by atomic mass is 32.2. The van der Waals surface area contributed by atoms with Crippen LogP contribution in [0.1, 0.15) is 49.4 Å². The van der Waals surface area contributed by atoms with Crippen LogP contribution in [0.25, 0.3) is 0 Å². The molecular weight excluding hydrogens is 495 g/mol. The summed E-state index contributed by atoms with van der Waals surface area (Å²) in [6.45, 7) is 7.84. The molecule has 3 unspecified atom stereocenters. The summed E-state index contributed by atoms with van der Waals surface area (Å²) in [6.07, 6.45) is 8.97. The Labute approximate surface area is 218 Å². The maximum atomic E-state index is 13.4. The Morgan fingerprint density at radius 1 is 1.08 bits per heavy atom. The third-order valence-corrected chi connectivity index (χ3v) is 11.2. The first-order valence-electron chi connectivity index (χ1n) is 12.8. The number of nitrogens with zero attached hydrogens (tertiary/aromatic N) is 6. The predicted octanol–water partition coefficient (Wildman–Crippen LogP) is 4.13. The molecule has 3 fully saturated rings. The van der Waals surface area contributed by atoms with Crippen molar-refractivity contribution in [2.75, 3.05) is 51.2 Å². The highest BCUT2D eigenvalue weighted by molar-refractivity contribution is 7.85. The number of anilines is 1. The van der Waals surface area contributed by atoms with Crippen LogP contribution in [0.5, 0.6) is 0 Å². The van der Waals surface area contributed by atoms with Gasteiger partial charge in [0.1, 0.15) is 21.0 Å². The van der Waals surface area contributed by atoms with Gasteiger partial charge in [-0.2, -0.15) is 0 Å². The number of piperidine rings is 1. The molecule has 0 bridgehead atoms. The molecule has 0 radical (unpaired) electrons. The van der Waals surface area contributed by atoms with Crippen LogP contribution in [-0.4, -0.2) is 74.3 Å². The van der Waals surface area contributed by atoms with Crippen molar-refractivity contribution in [2.24, 2.45) is 5.41 Å². The number of aromatic nitrogens is 3. The van der Waals surface area contributed by atoms with Crippen molar-refractivity contribution in [3.05, 3.63) is 60.1 Å². The summed E-state index contributed by atoms with van der Waals surface area (Å²) in [6, 6.07) is 6.86. The molecule has 1 spiro atoms. The van der Waals surface area contributed by atoms with Gasteiger partial charge in [-0.1, -0.05) is 23.5 Å². The fourth-order valence-corrected chi connectivity index (χ4v) is 8.27. The average Bonchev–Trinajstić information content (AvgIpc) is 3.25. The lowest BCUT2D eigenvalue weighted by atomic mass is 9.91. The summed E-state index contributed by atoms with van der Waals surface area (Å²) in [5.41, 5.74) is 2.62. The minimum Gasteiger partial charge on any atom is -0.345 e. The van der Waals surface area contributed by atoms with Crippen LogP contribution in [0.3, 0.4) is 0 Å². The number of likely N-dealkylation sites (N-methyl/N-ethyl adjacent to an activating group) is 1. The Morgan fingerprint density at radius 2 is 1.81 bits per heavy atom. The van der Waals surface area contributed by atoms with Crippen LogP contribution < -0.4 is 4.90 Å². The van der Waals surface area contributed by atoms with Crippen molar-refractivity contribution in [1.82, 2.24) is 23.7 Å². The molecule has 3 aliphatic rings. The van der Waals surface area contributed by atoms with Gasteiger partial charge in [0, 0.05) is 57.1 Å². The van der Waals surface area contributed by atoms with Gasteiger partial charge in [-0.25, -0.2) is 22.9 Å². The van der Waals surface area contributed by atoms with E-state index < -0.39 is 11.0 Å². The van der Waals surface area contributed by atoms with Gasteiger partial charge in [-0.05, 0) is 56.3 Å². The van der Waals surface area contributed by atoms with Crippen LogP contribution >= 0.6 is 11.3 Å². The molecule has 2 aliphatic heterocycles. The van der Waals surface area contributed by atoms with E-state index in [0.717, 1.165) is 73.4 Å². The van der Waals surface area contributed by atoms with E-state index in [1.165, 1.54) is 17.8 Å². The fourth-order valence-electron chi connectivity index (χ4n) is 5.83. The maximum Gasteiger partial charge on any atom is 0.186 e. The number of piperazine rings is 1. The SMILES string of the molecule is CC(c1ccc(F)cc1)n1cncc1C1CC12CCN(S(=O)c1cnc(N3CCN(C)CC3)s1)CC2. The largest absolute Gasteiger partial charge is 0.345 e. The standard InChI is InChI=1S/C26H33FN6OS2/c1-19(20-3-5-21(27)6-4-20)33-18-28-16-23(33)22-15-26(22)7-9-32(10-8-26)36(34)24-17-29-25(35-24)31-13-11-30(2)12-14-31/h3-6,16-19,22H,7-15H2,1-2H3. The lowest BCUT2D eigenvalue weighted by Gasteiger charge is -2.32. The van der Waals surface area contributed by atoms with Crippen molar-refractivity contribution in [2.45, 2.75) is 42.4 Å². The van der Waals surface area contributed by atoms with Crippen molar-refractivity contribution < 1.29 is 8.60 Å². The lowest BCUT2D eigenvalue weighted by Crippen LogP contribution is -2.44. The smallest absolute Gasteiger partial charge is 0.186 e. The molecule has 0 amide bonds. The van der Waals surface area contributed by atoms with E-state index in [1.807, 2.05) is 30.9 Å². The summed E-state index contributed by atoms with van der Waals surface area (Å²) in [5, 5.41) is 0.991. The number of benzene rings is 1. The van der Waals surface area contributed by atoms with Crippen molar-refractivity contribution >= 4 is 27.5 Å². The van der Waals surface area contributed by atoms with Crippen LogP contribution in [0.15, 0.2) is 47.2 Å². The zero-order valence-electron chi connectivity index (χ0n) is 20.8. The first-order chi connectivity index (χ1) is 17.4. The van der Waals surface area contributed by atoms with Gasteiger partial charge in [0.25, 0.3) is 0 Å². The van der Waals surface area contributed by atoms with Crippen LogP contribution in [0.4, 0.5) is 9.52 Å². The van der Waals surface area contributed by atoms with Gasteiger partial charge < -0.3 is 14.4 Å². The number of hydrogen-bond acceptors (Lipinski definition) is 6. The third-order valence-electron chi connectivity index (χ3n) is 8.38.